The van der Waals surface area contributed by atoms with Crippen LogP contribution in [-0.4, -0.2) is 16.7 Å². The van der Waals surface area contributed by atoms with Crippen LogP contribution in [0.15, 0.2) is 18.2 Å². The number of methoxy groups -OCH3 is 1. The van der Waals surface area contributed by atoms with E-state index in [0.717, 1.165) is 22.6 Å². The van der Waals surface area contributed by atoms with Crippen LogP contribution in [0.4, 0.5) is 0 Å². The van der Waals surface area contributed by atoms with E-state index >= 15 is 0 Å². The molecule has 0 radical (unpaired) electrons. The van der Waals surface area contributed by atoms with Gasteiger partial charge in [0.15, 0.2) is 0 Å². The number of ether oxygens (including phenoxy) is 1. The molecular weight excluding hydrogens is 236 g/mol. The number of fused-ring (bicyclic) bond motifs is 1. The molecule has 0 bridgehead atoms. The van der Waals surface area contributed by atoms with Gasteiger partial charge in [0.1, 0.15) is 17.1 Å². The first-order valence-electron chi connectivity index (χ1n) is 5.60. The van der Waals surface area contributed by atoms with Crippen molar-refractivity contribution >= 4 is 22.6 Å². The highest BCUT2D eigenvalue weighted by molar-refractivity contribution is 6.16. The minimum Gasteiger partial charge on any atom is -0.494 e. The zero-order valence-corrected chi connectivity index (χ0v) is 11.4. The van der Waals surface area contributed by atoms with Crippen LogP contribution in [0.1, 0.15) is 26.6 Å². The van der Waals surface area contributed by atoms with Crippen molar-refractivity contribution in [2.75, 3.05) is 7.11 Å². The van der Waals surface area contributed by atoms with E-state index in [4.69, 9.17) is 16.3 Å². The lowest BCUT2D eigenvalue weighted by Gasteiger charge is -2.24. The van der Waals surface area contributed by atoms with Crippen LogP contribution < -0.4 is 4.74 Å². The number of para-hydroxylation sites is 1. The zero-order valence-electron chi connectivity index (χ0n) is 10.6. The largest absolute Gasteiger partial charge is 0.494 e. The second-order valence-corrected chi connectivity index (χ2v) is 5.26. The van der Waals surface area contributed by atoms with E-state index < -0.39 is 0 Å². The lowest BCUT2D eigenvalue weighted by Crippen LogP contribution is -2.23. The van der Waals surface area contributed by atoms with Crippen molar-refractivity contribution in [2.24, 2.45) is 0 Å². The average molecular weight is 253 g/mol. The Morgan fingerprint density at radius 3 is 2.59 bits per heavy atom. The minimum atomic E-state index is -0.0503. The smallest absolute Gasteiger partial charge is 0.146 e. The van der Waals surface area contributed by atoms with E-state index in [1.54, 1.807) is 7.11 Å². The van der Waals surface area contributed by atoms with Crippen LogP contribution in [0.3, 0.4) is 0 Å². The lowest BCUT2D eigenvalue weighted by atomic mass is 10.1. The summed E-state index contributed by atoms with van der Waals surface area (Å²) in [7, 11) is 1.66. The molecule has 0 aliphatic heterocycles. The Balaban J connectivity index is 2.81. The van der Waals surface area contributed by atoms with Crippen molar-refractivity contribution in [1.29, 1.82) is 0 Å². The Labute approximate surface area is 106 Å². The number of rotatable bonds is 2. The fourth-order valence-corrected chi connectivity index (χ4v) is 2.30. The van der Waals surface area contributed by atoms with Crippen molar-refractivity contribution in [3.63, 3.8) is 0 Å². The highest BCUT2D eigenvalue weighted by atomic mass is 35.5. The molecule has 0 aliphatic carbocycles. The van der Waals surface area contributed by atoms with Gasteiger partial charge in [-0.1, -0.05) is 6.07 Å². The molecule has 0 saturated heterocycles. The molecule has 0 amide bonds. The van der Waals surface area contributed by atoms with E-state index in [0.29, 0.717) is 5.88 Å². The summed E-state index contributed by atoms with van der Waals surface area (Å²) in [6.07, 6.45) is 0. The summed E-state index contributed by atoms with van der Waals surface area (Å²) in [4.78, 5) is 4.57. The van der Waals surface area contributed by atoms with Crippen molar-refractivity contribution < 1.29 is 4.74 Å². The molecule has 0 aliphatic rings. The third-order valence-corrected chi connectivity index (χ3v) is 2.97. The van der Waals surface area contributed by atoms with Crippen LogP contribution in [0.2, 0.25) is 0 Å². The number of imidazole rings is 1. The fourth-order valence-electron chi connectivity index (χ4n) is 2.12. The van der Waals surface area contributed by atoms with Gasteiger partial charge in [-0.3, -0.25) is 0 Å². The van der Waals surface area contributed by atoms with E-state index in [1.165, 1.54) is 0 Å². The van der Waals surface area contributed by atoms with Crippen LogP contribution in [0.25, 0.3) is 11.0 Å². The van der Waals surface area contributed by atoms with Crippen molar-refractivity contribution in [3.8, 4) is 5.75 Å². The second-order valence-electron chi connectivity index (χ2n) is 5.00. The van der Waals surface area contributed by atoms with Gasteiger partial charge < -0.3 is 9.30 Å². The van der Waals surface area contributed by atoms with Gasteiger partial charge in [-0.2, -0.15) is 0 Å². The SMILES string of the molecule is COc1cccc2c1nc(CCl)n2C(C)(C)C. The Morgan fingerprint density at radius 1 is 1.35 bits per heavy atom. The van der Waals surface area contributed by atoms with Crippen LogP contribution >= 0.6 is 11.6 Å². The second kappa shape index (κ2) is 4.22. The summed E-state index contributed by atoms with van der Waals surface area (Å²) in [5.74, 6) is 2.06. The molecule has 1 heterocycles. The molecule has 2 aromatic rings. The maximum atomic E-state index is 5.98. The van der Waals surface area contributed by atoms with Crippen molar-refractivity contribution in [1.82, 2.24) is 9.55 Å². The summed E-state index contributed by atoms with van der Waals surface area (Å²) in [5.41, 5.74) is 1.89. The van der Waals surface area contributed by atoms with E-state index in [9.17, 15) is 0 Å². The summed E-state index contributed by atoms with van der Waals surface area (Å²) >= 11 is 5.98. The van der Waals surface area contributed by atoms with Gasteiger partial charge in [-0.15, -0.1) is 11.6 Å². The van der Waals surface area contributed by atoms with Gasteiger partial charge >= 0.3 is 0 Å². The minimum absolute atomic E-state index is 0.0503. The van der Waals surface area contributed by atoms with E-state index in [2.05, 4.69) is 30.3 Å². The molecule has 0 unspecified atom stereocenters. The Hall–Kier alpha value is -1.22. The predicted molar refractivity (Wildman–Crippen MR) is 70.8 cm³/mol. The predicted octanol–water partition coefficient (Wildman–Crippen LogP) is 3.54. The molecular formula is C13H17ClN2O. The topological polar surface area (TPSA) is 27.1 Å². The van der Waals surface area contributed by atoms with E-state index in [-0.39, 0.29) is 5.54 Å². The van der Waals surface area contributed by atoms with E-state index in [1.807, 2.05) is 18.2 Å². The van der Waals surface area contributed by atoms with Crippen LogP contribution in [0, 0.1) is 0 Å². The average Bonchev–Trinajstić information content (AvgIpc) is 2.66. The number of halogens is 1. The van der Waals surface area contributed by atoms with Gasteiger partial charge in [0.05, 0.1) is 18.5 Å². The normalized spacial score (nSPS) is 12.1. The molecule has 17 heavy (non-hydrogen) atoms. The van der Waals surface area contributed by atoms with Crippen LogP contribution in [0.5, 0.6) is 5.75 Å². The fraction of sp³-hybridized carbons (Fsp3) is 0.462. The molecule has 1 aromatic heterocycles. The summed E-state index contributed by atoms with van der Waals surface area (Å²) in [6, 6.07) is 5.94. The molecule has 0 atom stereocenters. The van der Waals surface area contributed by atoms with Crippen molar-refractivity contribution in [2.45, 2.75) is 32.2 Å². The maximum absolute atomic E-state index is 5.98. The number of hydrogen-bond acceptors (Lipinski definition) is 2. The Kier molecular flexibility index (Phi) is 3.04. The molecule has 3 nitrogen and oxygen atoms in total. The number of benzene rings is 1. The van der Waals surface area contributed by atoms with Gasteiger partial charge in [0, 0.05) is 5.54 Å². The first-order chi connectivity index (χ1) is 7.99. The Bertz CT molecular complexity index is 540. The molecule has 2 rings (SSSR count). The molecule has 0 fully saturated rings. The number of nitrogens with zero attached hydrogens (tertiary/aromatic N) is 2. The highest BCUT2D eigenvalue weighted by Crippen LogP contribution is 2.30. The van der Waals surface area contributed by atoms with Gasteiger partial charge in [0.2, 0.25) is 0 Å². The Morgan fingerprint density at radius 2 is 2.06 bits per heavy atom. The summed E-state index contributed by atoms with van der Waals surface area (Å²) in [6.45, 7) is 6.43. The van der Waals surface area contributed by atoms with Crippen LogP contribution in [-0.2, 0) is 11.4 Å². The summed E-state index contributed by atoms with van der Waals surface area (Å²) < 4.78 is 7.50. The van der Waals surface area contributed by atoms with Crippen molar-refractivity contribution in [3.05, 3.63) is 24.0 Å². The molecule has 0 saturated carbocycles. The molecule has 1 aromatic carbocycles. The number of alkyl halides is 1. The first kappa shape index (κ1) is 12.2. The monoisotopic (exact) mass is 252 g/mol. The molecule has 0 spiro atoms. The number of aromatic nitrogens is 2. The quantitative estimate of drug-likeness (QED) is 0.765. The third kappa shape index (κ3) is 2.00. The molecule has 4 heteroatoms. The standard InChI is InChI=1S/C13H17ClN2O/c1-13(2,3)16-9-6-5-7-10(17-4)12(9)15-11(16)8-14/h5-7H,8H2,1-4H3. The molecule has 92 valence electrons. The van der Waals surface area contributed by atoms with Gasteiger partial charge in [-0.25, -0.2) is 4.98 Å². The van der Waals surface area contributed by atoms with Gasteiger partial charge in [-0.05, 0) is 32.9 Å². The zero-order chi connectivity index (χ0) is 12.6. The number of hydrogen-bond donors (Lipinski definition) is 0. The lowest BCUT2D eigenvalue weighted by molar-refractivity contribution is 0.398. The molecule has 0 N–H and O–H groups in total. The highest BCUT2D eigenvalue weighted by Gasteiger charge is 2.22. The summed E-state index contributed by atoms with van der Waals surface area (Å²) in [5, 5.41) is 0. The van der Waals surface area contributed by atoms with Gasteiger partial charge in [0.25, 0.3) is 0 Å². The first-order valence-corrected chi connectivity index (χ1v) is 6.13. The maximum Gasteiger partial charge on any atom is 0.146 e. The third-order valence-electron chi connectivity index (χ3n) is 2.73.